The first-order chi connectivity index (χ1) is 5.89. The lowest BCUT2D eigenvalue weighted by molar-refractivity contribution is -0.122. The summed E-state index contributed by atoms with van der Waals surface area (Å²) >= 11 is 11.1. The minimum absolute atomic E-state index is 0.0730. The van der Waals surface area contributed by atoms with Crippen molar-refractivity contribution in [3.05, 3.63) is 0 Å². The van der Waals surface area contributed by atoms with Crippen LogP contribution in [0, 0.1) is 0 Å². The number of hydrogen-bond donors (Lipinski definition) is 2. The maximum Gasteiger partial charge on any atom is 0.256 e. The van der Waals surface area contributed by atoms with E-state index in [1.54, 1.807) is 0 Å². The topological polar surface area (TPSA) is 58.2 Å². The van der Waals surface area contributed by atoms with Gasteiger partial charge in [0.15, 0.2) is 4.33 Å². The van der Waals surface area contributed by atoms with Crippen LogP contribution in [0.1, 0.15) is 13.3 Å². The first-order valence-corrected chi connectivity index (χ1v) is 4.60. The van der Waals surface area contributed by atoms with Gasteiger partial charge in [0, 0.05) is 13.0 Å². The largest absolute Gasteiger partial charge is 0.354 e. The fourth-order valence-electron chi connectivity index (χ4n) is 1.02. The number of alkyl halides is 2. The summed E-state index contributed by atoms with van der Waals surface area (Å²) in [7, 11) is 0. The second-order valence-corrected chi connectivity index (χ2v) is 4.77. The Bertz CT molecular complexity index is 237. The van der Waals surface area contributed by atoms with Crippen molar-refractivity contribution < 1.29 is 9.59 Å². The Kier molecular flexibility index (Phi) is 3.03. The fraction of sp³-hybridized carbons (Fsp3) is 0.714. The second-order valence-electron chi connectivity index (χ2n) is 3.07. The Labute approximate surface area is 86.0 Å². The summed E-state index contributed by atoms with van der Waals surface area (Å²) < 4.78 is -1.44. The minimum Gasteiger partial charge on any atom is -0.354 e. The molecule has 0 saturated carbocycles. The van der Waals surface area contributed by atoms with Gasteiger partial charge < -0.3 is 10.6 Å². The van der Waals surface area contributed by atoms with Crippen LogP contribution in [0.5, 0.6) is 0 Å². The van der Waals surface area contributed by atoms with Gasteiger partial charge >= 0.3 is 0 Å². The molecule has 1 rings (SSSR count). The van der Waals surface area contributed by atoms with Gasteiger partial charge in [0.05, 0.1) is 6.04 Å². The fourth-order valence-corrected chi connectivity index (χ4v) is 1.13. The lowest BCUT2D eigenvalue weighted by Crippen LogP contribution is -2.43. The molecule has 6 heteroatoms. The number of nitrogens with one attached hydrogen (secondary N) is 2. The van der Waals surface area contributed by atoms with E-state index in [1.807, 2.05) is 0 Å². The molecule has 1 saturated heterocycles. The summed E-state index contributed by atoms with van der Waals surface area (Å²) in [6.07, 6.45) is 0.287. The molecule has 0 bridgehead atoms. The summed E-state index contributed by atoms with van der Waals surface area (Å²) in [5.74, 6) is -0.548. The highest BCUT2D eigenvalue weighted by Gasteiger charge is 2.31. The third-order valence-corrected chi connectivity index (χ3v) is 2.05. The molecular weight excluding hydrogens is 215 g/mol. The summed E-state index contributed by atoms with van der Waals surface area (Å²) in [5.41, 5.74) is 0. The van der Waals surface area contributed by atoms with Gasteiger partial charge in [0.1, 0.15) is 0 Å². The minimum atomic E-state index is -1.44. The van der Waals surface area contributed by atoms with Crippen molar-refractivity contribution in [2.75, 3.05) is 6.54 Å². The zero-order valence-corrected chi connectivity index (χ0v) is 8.58. The van der Waals surface area contributed by atoms with Crippen LogP contribution >= 0.6 is 23.2 Å². The van der Waals surface area contributed by atoms with Crippen LogP contribution in [-0.2, 0) is 9.59 Å². The molecule has 0 aromatic carbocycles. The highest BCUT2D eigenvalue weighted by molar-refractivity contribution is 6.57. The Hall–Kier alpha value is -0.480. The molecule has 13 heavy (non-hydrogen) atoms. The number of rotatable bonds is 2. The zero-order chi connectivity index (χ0) is 10.1. The smallest absolute Gasteiger partial charge is 0.256 e. The molecule has 74 valence electrons. The average molecular weight is 225 g/mol. The van der Waals surface area contributed by atoms with E-state index < -0.39 is 10.2 Å². The van der Waals surface area contributed by atoms with Crippen molar-refractivity contribution in [1.82, 2.24) is 10.6 Å². The van der Waals surface area contributed by atoms with E-state index in [0.29, 0.717) is 6.54 Å². The van der Waals surface area contributed by atoms with Crippen LogP contribution in [0.4, 0.5) is 0 Å². The van der Waals surface area contributed by atoms with Crippen LogP contribution < -0.4 is 10.6 Å². The van der Waals surface area contributed by atoms with E-state index in [-0.39, 0.29) is 18.4 Å². The molecule has 2 N–H and O–H groups in total. The van der Waals surface area contributed by atoms with Crippen LogP contribution in [0.15, 0.2) is 0 Å². The number of amides is 2. The Morgan fingerprint density at radius 3 is 2.69 bits per heavy atom. The van der Waals surface area contributed by atoms with E-state index in [0.717, 1.165) is 0 Å². The normalized spacial score (nSPS) is 22.7. The van der Waals surface area contributed by atoms with E-state index in [2.05, 4.69) is 10.6 Å². The number of halogens is 2. The molecule has 1 unspecified atom stereocenters. The van der Waals surface area contributed by atoms with Gasteiger partial charge in [-0.25, -0.2) is 0 Å². The van der Waals surface area contributed by atoms with Gasteiger partial charge in [-0.2, -0.15) is 0 Å². The molecule has 0 aromatic rings. The predicted octanol–water partition coefficient (Wildman–Crippen LogP) is 0.185. The molecule has 1 fully saturated rings. The molecule has 1 aliphatic rings. The monoisotopic (exact) mass is 224 g/mol. The van der Waals surface area contributed by atoms with Gasteiger partial charge in [-0.15, -0.1) is 0 Å². The zero-order valence-electron chi connectivity index (χ0n) is 7.06. The van der Waals surface area contributed by atoms with Crippen molar-refractivity contribution in [3.8, 4) is 0 Å². The van der Waals surface area contributed by atoms with Crippen molar-refractivity contribution >= 4 is 35.0 Å². The van der Waals surface area contributed by atoms with Gasteiger partial charge in [-0.1, -0.05) is 23.2 Å². The van der Waals surface area contributed by atoms with E-state index in [1.165, 1.54) is 6.92 Å². The predicted molar refractivity (Wildman–Crippen MR) is 49.7 cm³/mol. The van der Waals surface area contributed by atoms with Crippen molar-refractivity contribution in [3.63, 3.8) is 0 Å². The maximum absolute atomic E-state index is 11.2. The van der Waals surface area contributed by atoms with Crippen LogP contribution in [0.25, 0.3) is 0 Å². The lowest BCUT2D eigenvalue weighted by atomic mass is 10.2. The standard InChI is InChI=1S/C7H10Cl2N2O2/c1-7(8,9)6(13)11-4-2-5(12)10-3-4/h4H,2-3H2,1H3,(H,10,12)(H,11,13). The molecule has 0 aliphatic carbocycles. The quantitative estimate of drug-likeness (QED) is 0.659. The molecule has 2 amide bonds. The van der Waals surface area contributed by atoms with Crippen molar-refractivity contribution in [2.24, 2.45) is 0 Å². The van der Waals surface area contributed by atoms with Gasteiger partial charge in [-0.05, 0) is 6.92 Å². The number of carbonyl (C=O) groups is 2. The van der Waals surface area contributed by atoms with Gasteiger partial charge in [-0.3, -0.25) is 9.59 Å². The maximum atomic E-state index is 11.2. The van der Waals surface area contributed by atoms with Crippen molar-refractivity contribution in [2.45, 2.75) is 23.7 Å². The number of hydrogen-bond acceptors (Lipinski definition) is 2. The van der Waals surface area contributed by atoms with Crippen molar-refractivity contribution in [1.29, 1.82) is 0 Å². The average Bonchev–Trinajstić information content (AvgIpc) is 2.33. The highest BCUT2D eigenvalue weighted by atomic mass is 35.5. The van der Waals surface area contributed by atoms with Crippen LogP contribution in [0.2, 0.25) is 0 Å². The third-order valence-electron chi connectivity index (χ3n) is 1.71. The van der Waals surface area contributed by atoms with Gasteiger partial charge in [0.25, 0.3) is 5.91 Å². The second kappa shape index (κ2) is 3.72. The molecular formula is C7H10Cl2N2O2. The molecule has 0 radical (unpaired) electrons. The molecule has 4 nitrogen and oxygen atoms in total. The van der Waals surface area contributed by atoms with Crippen LogP contribution in [-0.4, -0.2) is 28.7 Å². The lowest BCUT2D eigenvalue weighted by Gasteiger charge is -2.16. The summed E-state index contributed by atoms with van der Waals surface area (Å²) in [6.45, 7) is 1.82. The SMILES string of the molecule is CC(Cl)(Cl)C(=O)NC1CNC(=O)C1. The molecule has 0 spiro atoms. The van der Waals surface area contributed by atoms with E-state index >= 15 is 0 Å². The van der Waals surface area contributed by atoms with Gasteiger partial charge in [0.2, 0.25) is 5.91 Å². The number of carbonyl (C=O) groups excluding carboxylic acids is 2. The molecule has 1 aliphatic heterocycles. The summed E-state index contributed by atoms with van der Waals surface area (Å²) in [4.78, 5) is 22.0. The Morgan fingerprint density at radius 2 is 2.31 bits per heavy atom. The first kappa shape index (κ1) is 10.6. The Morgan fingerprint density at radius 1 is 1.69 bits per heavy atom. The Balaban J connectivity index is 2.42. The molecule has 0 aromatic heterocycles. The molecule has 1 atom stereocenters. The molecule has 1 heterocycles. The first-order valence-electron chi connectivity index (χ1n) is 3.85. The van der Waals surface area contributed by atoms with E-state index in [4.69, 9.17) is 23.2 Å². The third kappa shape index (κ3) is 3.04. The summed E-state index contributed by atoms with van der Waals surface area (Å²) in [6, 6.07) is -0.197. The highest BCUT2D eigenvalue weighted by Crippen LogP contribution is 2.19. The van der Waals surface area contributed by atoms with E-state index in [9.17, 15) is 9.59 Å². The summed E-state index contributed by atoms with van der Waals surface area (Å²) in [5, 5.41) is 5.15. The van der Waals surface area contributed by atoms with Crippen LogP contribution in [0.3, 0.4) is 0 Å².